The Morgan fingerprint density at radius 1 is 1.00 bits per heavy atom. The number of rotatable bonds is 6. The number of halogens is 2. The van der Waals surface area contributed by atoms with E-state index in [-0.39, 0.29) is 23.3 Å². The van der Waals surface area contributed by atoms with Gasteiger partial charge >= 0.3 is 0 Å². The van der Waals surface area contributed by atoms with Gasteiger partial charge in [-0.15, -0.1) is 0 Å². The molecule has 0 bridgehead atoms. The third-order valence-electron chi connectivity index (χ3n) is 6.03. The number of benzene rings is 3. The molecule has 0 saturated carbocycles. The minimum absolute atomic E-state index is 0.00901. The van der Waals surface area contributed by atoms with Crippen LogP contribution in [0, 0.1) is 0 Å². The summed E-state index contributed by atoms with van der Waals surface area (Å²) in [4.78, 5) is 29.0. The Labute approximate surface area is 211 Å². The monoisotopic (exact) mass is 509 g/mol. The summed E-state index contributed by atoms with van der Waals surface area (Å²) in [6.45, 7) is 2.53. The van der Waals surface area contributed by atoms with Gasteiger partial charge in [0, 0.05) is 16.6 Å². The van der Waals surface area contributed by atoms with E-state index in [0.717, 1.165) is 5.56 Å². The van der Waals surface area contributed by atoms with Gasteiger partial charge in [0.05, 0.1) is 30.7 Å². The highest BCUT2D eigenvalue weighted by molar-refractivity contribution is 6.31. The lowest BCUT2D eigenvalue weighted by molar-refractivity contribution is 0.0714. The van der Waals surface area contributed by atoms with Crippen molar-refractivity contribution in [2.45, 2.75) is 19.5 Å². The van der Waals surface area contributed by atoms with E-state index < -0.39 is 11.9 Å². The van der Waals surface area contributed by atoms with Crippen molar-refractivity contribution in [3.8, 4) is 11.5 Å². The van der Waals surface area contributed by atoms with Gasteiger partial charge in [-0.1, -0.05) is 47.5 Å². The fourth-order valence-corrected chi connectivity index (χ4v) is 4.81. The van der Waals surface area contributed by atoms with E-state index in [1.165, 1.54) is 0 Å². The van der Waals surface area contributed by atoms with Gasteiger partial charge in [0.15, 0.2) is 16.9 Å². The van der Waals surface area contributed by atoms with E-state index in [1.54, 1.807) is 48.4 Å². The first kappa shape index (κ1) is 23.3. The van der Waals surface area contributed by atoms with Crippen molar-refractivity contribution in [2.24, 2.45) is 0 Å². The normalized spacial score (nSPS) is 14.9. The zero-order chi connectivity index (χ0) is 24.7. The second kappa shape index (κ2) is 9.29. The zero-order valence-corrected chi connectivity index (χ0v) is 20.5. The SMILES string of the molecule is CCOc1ccc(C2c3c(oc4ccc(Cl)cc4c3=O)C(=O)N2Cc2ccccc2Cl)cc1OC. The highest BCUT2D eigenvalue weighted by Crippen LogP contribution is 2.42. The minimum Gasteiger partial charge on any atom is -0.493 e. The van der Waals surface area contributed by atoms with Crippen molar-refractivity contribution in [3.05, 3.63) is 103 Å². The number of carbonyl (C=O) groups excluding carboxylic acids is 1. The summed E-state index contributed by atoms with van der Waals surface area (Å²) in [6, 6.07) is 16.7. The molecule has 0 fully saturated rings. The number of amides is 1. The van der Waals surface area contributed by atoms with Crippen LogP contribution in [-0.4, -0.2) is 24.5 Å². The third kappa shape index (κ3) is 4.03. The van der Waals surface area contributed by atoms with Gasteiger partial charge in [0.25, 0.3) is 5.91 Å². The van der Waals surface area contributed by atoms with Gasteiger partial charge in [-0.25, -0.2) is 0 Å². The number of methoxy groups -OCH3 is 1. The predicted octanol–water partition coefficient (Wildman–Crippen LogP) is 6.25. The number of ether oxygens (including phenoxy) is 2. The lowest BCUT2D eigenvalue weighted by Crippen LogP contribution is -2.29. The third-order valence-corrected chi connectivity index (χ3v) is 6.63. The average molecular weight is 510 g/mol. The predicted molar refractivity (Wildman–Crippen MR) is 135 cm³/mol. The summed E-state index contributed by atoms with van der Waals surface area (Å²) in [5.74, 6) is 0.677. The van der Waals surface area contributed by atoms with E-state index in [2.05, 4.69) is 0 Å². The Balaban J connectivity index is 1.73. The lowest BCUT2D eigenvalue weighted by atomic mass is 9.97. The zero-order valence-electron chi connectivity index (χ0n) is 19.0. The van der Waals surface area contributed by atoms with Crippen LogP contribution in [0.3, 0.4) is 0 Å². The number of nitrogens with zero attached hydrogens (tertiary/aromatic N) is 1. The van der Waals surface area contributed by atoms with Crippen molar-refractivity contribution in [1.29, 1.82) is 0 Å². The molecule has 0 N–H and O–H groups in total. The van der Waals surface area contributed by atoms with Crippen LogP contribution in [0.1, 0.15) is 40.2 Å². The fraction of sp³-hybridized carbons (Fsp3) is 0.185. The summed E-state index contributed by atoms with van der Waals surface area (Å²) < 4.78 is 17.2. The molecule has 0 radical (unpaired) electrons. The maximum absolute atomic E-state index is 13.7. The molecule has 1 unspecified atom stereocenters. The van der Waals surface area contributed by atoms with Crippen LogP contribution < -0.4 is 14.9 Å². The summed E-state index contributed by atoms with van der Waals surface area (Å²) >= 11 is 12.6. The van der Waals surface area contributed by atoms with Crippen molar-refractivity contribution in [2.75, 3.05) is 13.7 Å². The molecule has 0 spiro atoms. The quantitative estimate of drug-likeness (QED) is 0.307. The van der Waals surface area contributed by atoms with Crippen LogP contribution in [0.5, 0.6) is 11.5 Å². The summed E-state index contributed by atoms with van der Waals surface area (Å²) in [5, 5.41) is 1.24. The van der Waals surface area contributed by atoms with Gasteiger partial charge in [-0.2, -0.15) is 0 Å². The number of hydrogen-bond donors (Lipinski definition) is 0. The topological polar surface area (TPSA) is 69.0 Å². The molecule has 1 atom stereocenters. The van der Waals surface area contributed by atoms with Gasteiger partial charge in [0.2, 0.25) is 5.76 Å². The van der Waals surface area contributed by atoms with Crippen molar-refractivity contribution in [3.63, 3.8) is 0 Å². The molecule has 6 nitrogen and oxygen atoms in total. The Kier molecular flexibility index (Phi) is 6.17. The Hall–Kier alpha value is -3.48. The van der Waals surface area contributed by atoms with Crippen molar-refractivity contribution in [1.82, 2.24) is 4.90 Å². The van der Waals surface area contributed by atoms with Crippen molar-refractivity contribution >= 4 is 40.1 Å². The molecule has 1 aliphatic heterocycles. The van der Waals surface area contributed by atoms with Crippen molar-refractivity contribution < 1.29 is 18.7 Å². The molecule has 1 aliphatic rings. The summed E-state index contributed by atoms with van der Waals surface area (Å²) in [5.41, 5.74) is 1.67. The van der Waals surface area contributed by atoms with Gasteiger partial charge in [0.1, 0.15) is 5.58 Å². The maximum atomic E-state index is 13.7. The molecule has 5 rings (SSSR count). The molecule has 35 heavy (non-hydrogen) atoms. The number of hydrogen-bond acceptors (Lipinski definition) is 5. The van der Waals surface area contributed by atoms with E-state index in [0.29, 0.717) is 44.7 Å². The van der Waals surface area contributed by atoms with E-state index >= 15 is 0 Å². The Morgan fingerprint density at radius 2 is 1.80 bits per heavy atom. The molecule has 1 amide bonds. The Morgan fingerprint density at radius 3 is 2.54 bits per heavy atom. The molecule has 4 aromatic rings. The minimum atomic E-state index is -0.724. The second-order valence-corrected chi connectivity index (χ2v) is 8.93. The molecule has 1 aromatic heterocycles. The molecule has 178 valence electrons. The van der Waals surface area contributed by atoms with Crippen LogP contribution >= 0.6 is 23.2 Å². The van der Waals surface area contributed by atoms with E-state index in [4.69, 9.17) is 37.1 Å². The van der Waals surface area contributed by atoms with Gasteiger partial charge in [-0.05, 0) is 54.4 Å². The first-order valence-corrected chi connectivity index (χ1v) is 11.8. The van der Waals surface area contributed by atoms with Crippen LogP contribution in [-0.2, 0) is 6.54 Å². The molecule has 0 saturated heterocycles. The first-order chi connectivity index (χ1) is 16.9. The summed E-state index contributed by atoms with van der Waals surface area (Å²) in [7, 11) is 1.54. The smallest absolute Gasteiger partial charge is 0.291 e. The molecule has 3 aromatic carbocycles. The molecule has 0 aliphatic carbocycles. The largest absolute Gasteiger partial charge is 0.493 e. The van der Waals surface area contributed by atoms with Crippen LogP contribution in [0.2, 0.25) is 10.0 Å². The van der Waals surface area contributed by atoms with Crippen LogP contribution in [0.4, 0.5) is 0 Å². The van der Waals surface area contributed by atoms with Crippen LogP contribution in [0.25, 0.3) is 11.0 Å². The second-order valence-electron chi connectivity index (χ2n) is 8.08. The molecule has 2 heterocycles. The first-order valence-electron chi connectivity index (χ1n) is 11.0. The van der Waals surface area contributed by atoms with E-state index in [1.807, 2.05) is 31.2 Å². The van der Waals surface area contributed by atoms with E-state index in [9.17, 15) is 9.59 Å². The van der Waals surface area contributed by atoms with Gasteiger partial charge in [-0.3, -0.25) is 9.59 Å². The van der Waals surface area contributed by atoms with Crippen LogP contribution in [0.15, 0.2) is 69.9 Å². The lowest BCUT2D eigenvalue weighted by Gasteiger charge is -2.26. The number of fused-ring (bicyclic) bond motifs is 2. The Bertz CT molecular complexity index is 1510. The standard InChI is InChI=1S/C27H21Cl2NO5/c1-3-34-21-10-8-15(12-22(21)33-2)24-23-25(31)18-13-17(28)9-11-20(18)35-26(23)27(32)30(24)14-16-6-4-5-7-19(16)29/h4-13,24H,3,14H2,1-2H3. The highest BCUT2D eigenvalue weighted by Gasteiger charge is 2.43. The van der Waals surface area contributed by atoms with Gasteiger partial charge < -0.3 is 18.8 Å². The molecular formula is C27H21Cl2NO5. The highest BCUT2D eigenvalue weighted by atomic mass is 35.5. The molecule has 8 heteroatoms. The summed E-state index contributed by atoms with van der Waals surface area (Å²) in [6.07, 6.45) is 0. The average Bonchev–Trinajstić information content (AvgIpc) is 3.13. The fourth-order valence-electron chi connectivity index (χ4n) is 4.44. The molecular weight excluding hydrogens is 489 g/mol. The maximum Gasteiger partial charge on any atom is 0.291 e. The number of carbonyl (C=O) groups is 1.